The Morgan fingerprint density at radius 2 is 1.88 bits per heavy atom. The van der Waals surface area contributed by atoms with Crippen molar-refractivity contribution < 1.29 is 4.74 Å². The van der Waals surface area contributed by atoms with Gasteiger partial charge in [-0.05, 0) is 44.4 Å². The van der Waals surface area contributed by atoms with Crippen LogP contribution in [0.15, 0.2) is 35.3 Å². The van der Waals surface area contributed by atoms with Gasteiger partial charge >= 0.3 is 0 Å². The van der Waals surface area contributed by atoms with E-state index >= 15 is 0 Å². The minimum absolute atomic E-state index is 0.0951. The predicted molar refractivity (Wildman–Crippen MR) is 101 cm³/mol. The monoisotopic (exact) mass is 339 g/mol. The van der Waals surface area contributed by atoms with Crippen LogP contribution in [0.1, 0.15) is 37.8 Å². The first-order valence-corrected chi connectivity index (χ1v) is 8.78. The van der Waals surface area contributed by atoms with Gasteiger partial charge in [-0.1, -0.05) is 31.5 Å². The minimum Gasteiger partial charge on any atom is -0.473 e. The number of rotatable bonds is 5. The normalized spacial score (nSPS) is 11.4. The van der Waals surface area contributed by atoms with Crippen molar-refractivity contribution in [1.82, 2.24) is 14.3 Å². The topological polar surface area (TPSA) is 49.1 Å². The molecule has 0 saturated heterocycles. The van der Waals surface area contributed by atoms with Gasteiger partial charge in [0, 0.05) is 18.9 Å². The van der Waals surface area contributed by atoms with Crippen molar-refractivity contribution in [2.24, 2.45) is 7.05 Å². The molecule has 0 unspecified atom stereocenters. The van der Waals surface area contributed by atoms with Crippen LogP contribution in [-0.2, 0) is 7.05 Å². The van der Waals surface area contributed by atoms with Crippen LogP contribution in [-0.4, -0.2) is 20.5 Å². The molecular weight excluding hydrogens is 314 g/mol. The molecule has 2 heterocycles. The highest BCUT2D eigenvalue weighted by Gasteiger charge is 2.18. The van der Waals surface area contributed by atoms with Gasteiger partial charge in [-0.2, -0.15) is 0 Å². The van der Waals surface area contributed by atoms with Gasteiger partial charge in [0.2, 0.25) is 5.88 Å². The number of benzene rings is 1. The van der Waals surface area contributed by atoms with E-state index in [1.54, 1.807) is 7.05 Å². The van der Waals surface area contributed by atoms with E-state index in [9.17, 15) is 4.79 Å². The average molecular weight is 339 g/mol. The van der Waals surface area contributed by atoms with Crippen molar-refractivity contribution in [3.8, 4) is 11.6 Å². The third-order valence-electron chi connectivity index (χ3n) is 4.65. The van der Waals surface area contributed by atoms with Crippen LogP contribution in [0.2, 0.25) is 0 Å². The second-order valence-electron chi connectivity index (χ2n) is 6.53. The lowest BCUT2D eigenvalue weighted by Crippen LogP contribution is -2.24. The van der Waals surface area contributed by atoms with Crippen molar-refractivity contribution >= 4 is 10.9 Å². The molecular formula is C20H25N3O2. The Kier molecular flexibility index (Phi) is 4.66. The molecule has 0 atom stereocenters. The van der Waals surface area contributed by atoms with Gasteiger partial charge in [0.25, 0.3) is 5.56 Å². The van der Waals surface area contributed by atoms with E-state index in [1.165, 1.54) is 10.2 Å². The summed E-state index contributed by atoms with van der Waals surface area (Å²) >= 11 is 0. The largest absolute Gasteiger partial charge is 0.473 e. The highest BCUT2D eigenvalue weighted by atomic mass is 16.5. The van der Waals surface area contributed by atoms with Crippen molar-refractivity contribution in [3.63, 3.8) is 0 Å². The Labute approximate surface area is 147 Å². The maximum absolute atomic E-state index is 12.8. The standard InChI is InChI=1S/C20H25N3O2/c1-6-15(7-2)25-19-16-10-11-23(18(16)20(24)22(5)21-19)17-9-8-13(3)12-14(17)4/h8-12,15H,6-7H2,1-5H3. The lowest BCUT2D eigenvalue weighted by Gasteiger charge is -2.16. The third kappa shape index (κ3) is 3.06. The second kappa shape index (κ2) is 6.75. The molecule has 0 saturated carbocycles. The van der Waals surface area contributed by atoms with E-state index in [2.05, 4.69) is 44.9 Å². The van der Waals surface area contributed by atoms with Gasteiger partial charge in [-0.3, -0.25) is 4.79 Å². The number of hydrogen-bond donors (Lipinski definition) is 0. The molecule has 25 heavy (non-hydrogen) atoms. The molecule has 0 N–H and O–H groups in total. The maximum Gasteiger partial charge on any atom is 0.291 e. The summed E-state index contributed by atoms with van der Waals surface area (Å²) in [7, 11) is 1.67. The number of aromatic nitrogens is 3. The van der Waals surface area contributed by atoms with Crippen LogP contribution in [0.4, 0.5) is 0 Å². The number of nitrogens with zero attached hydrogens (tertiary/aromatic N) is 3. The zero-order valence-electron chi connectivity index (χ0n) is 15.5. The summed E-state index contributed by atoms with van der Waals surface area (Å²) in [6, 6.07) is 8.14. The molecule has 3 aromatic rings. The highest BCUT2D eigenvalue weighted by molar-refractivity contribution is 5.85. The molecule has 0 aliphatic heterocycles. The number of ether oxygens (including phenoxy) is 1. The Balaban J connectivity index is 2.23. The van der Waals surface area contributed by atoms with E-state index in [1.807, 2.05) is 22.9 Å². The summed E-state index contributed by atoms with van der Waals surface area (Å²) in [4.78, 5) is 12.8. The Morgan fingerprint density at radius 1 is 1.16 bits per heavy atom. The molecule has 0 spiro atoms. The van der Waals surface area contributed by atoms with Crippen LogP contribution in [0.25, 0.3) is 16.6 Å². The first kappa shape index (κ1) is 17.3. The Bertz CT molecular complexity index is 965. The molecule has 0 radical (unpaired) electrons. The fraction of sp³-hybridized carbons (Fsp3) is 0.400. The summed E-state index contributed by atoms with van der Waals surface area (Å²) < 4.78 is 9.38. The summed E-state index contributed by atoms with van der Waals surface area (Å²) in [5, 5.41) is 5.11. The molecule has 3 rings (SSSR count). The first-order valence-electron chi connectivity index (χ1n) is 8.78. The zero-order chi connectivity index (χ0) is 18.1. The number of aryl methyl sites for hydroxylation is 3. The van der Waals surface area contributed by atoms with Gasteiger partial charge in [-0.15, -0.1) is 5.10 Å². The number of hydrogen-bond acceptors (Lipinski definition) is 3. The smallest absolute Gasteiger partial charge is 0.291 e. The molecule has 5 nitrogen and oxygen atoms in total. The van der Waals surface area contributed by atoms with Gasteiger partial charge < -0.3 is 9.30 Å². The van der Waals surface area contributed by atoms with Crippen LogP contribution < -0.4 is 10.3 Å². The average Bonchev–Trinajstić information content (AvgIpc) is 3.02. The van der Waals surface area contributed by atoms with Crippen molar-refractivity contribution in [2.75, 3.05) is 0 Å². The zero-order valence-corrected chi connectivity index (χ0v) is 15.5. The van der Waals surface area contributed by atoms with Gasteiger partial charge in [0.05, 0.1) is 5.39 Å². The van der Waals surface area contributed by atoms with Crippen molar-refractivity contribution in [1.29, 1.82) is 0 Å². The molecule has 0 amide bonds. The minimum atomic E-state index is -0.128. The fourth-order valence-electron chi connectivity index (χ4n) is 3.19. The molecule has 132 valence electrons. The van der Waals surface area contributed by atoms with Crippen LogP contribution in [0, 0.1) is 13.8 Å². The Hall–Kier alpha value is -2.56. The Morgan fingerprint density at radius 3 is 2.52 bits per heavy atom. The van der Waals surface area contributed by atoms with Gasteiger partial charge in [0.15, 0.2) is 0 Å². The summed E-state index contributed by atoms with van der Waals surface area (Å²) in [6.45, 7) is 8.30. The third-order valence-corrected chi connectivity index (χ3v) is 4.65. The fourth-order valence-corrected chi connectivity index (χ4v) is 3.19. The molecule has 2 aromatic heterocycles. The van der Waals surface area contributed by atoms with E-state index in [0.29, 0.717) is 11.4 Å². The predicted octanol–water partition coefficient (Wildman–Crippen LogP) is 3.91. The van der Waals surface area contributed by atoms with Crippen molar-refractivity contribution in [3.05, 3.63) is 51.9 Å². The van der Waals surface area contributed by atoms with E-state index in [0.717, 1.165) is 29.5 Å². The van der Waals surface area contributed by atoms with E-state index < -0.39 is 0 Å². The molecule has 0 aliphatic rings. The van der Waals surface area contributed by atoms with Gasteiger partial charge in [0.1, 0.15) is 11.6 Å². The van der Waals surface area contributed by atoms with Crippen molar-refractivity contribution in [2.45, 2.75) is 46.6 Å². The van der Waals surface area contributed by atoms with Gasteiger partial charge in [-0.25, -0.2) is 4.68 Å². The SMILES string of the molecule is CCC(CC)Oc1nn(C)c(=O)c2c1ccn2-c1ccc(C)cc1C. The quantitative estimate of drug-likeness (QED) is 0.708. The lowest BCUT2D eigenvalue weighted by atomic mass is 10.1. The summed E-state index contributed by atoms with van der Waals surface area (Å²) in [6.07, 6.45) is 3.82. The number of fused-ring (bicyclic) bond motifs is 1. The summed E-state index contributed by atoms with van der Waals surface area (Å²) in [5.74, 6) is 0.523. The van der Waals surface area contributed by atoms with Crippen LogP contribution in [0.5, 0.6) is 5.88 Å². The van der Waals surface area contributed by atoms with E-state index in [-0.39, 0.29) is 11.7 Å². The molecule has 1 aromatic carbocycles. The highest BCUT2D eigenvalue weighted by Crippen LogP contribution is 2.27. The maximum atomic E-state index is 12.8. The second-order valence-corrected chi connectivity index (χ2v) is 6.53. The van der Waals surface area contributed by atoms with E-state index in [4.69, 9.17) is 4.74 Å². The molecule has 0 bridgehead atoms. The molecule has 0 aliphatic carbocycles. The molecule has 5 heteroatoms. The lowest BCUT2D eigenvalue weighted by molar-refractivity contribution is 0.183. The molecule has 0 fully saturated rings. The van der Waals surface area contributed by atoms with Crippen LogP contribution >= 0.6 is 0 Å². The first-order chi connectivity index (χ1) is 12.0. The summed E-state index contributed by atoms with van der Waals surface area (Å²) in [5.41, 5.74) is 3.79. The van der Waals surface area contributed by atoms with Crippen LogP contribution in [0.3, 0.4) is 0 Å².